The topological polar surface area (TPSA) is 74.7 Å². The Morgan fingerprint density at radius 3 is 1.52 bits per heavy atom. The number of carbonyl (C=O) groups excluding carboxylic acids is 2. The van der Waals surface area contributed by atoms with Crippen LogP contribution in [0.5, 0.6) is 0 Å². The normalized spacial score (nSPS) is 12.0. The molecule has 0 fully saturated rings. The van der Waals surface area contributed by atoms with Crippen LogP contribution in [0.1, 0.15) is 90.9 Å². The van der Waals surface area contributed by atoms with E-state index < -0.39 is 12.0 Å². The van der Waals surface area contributed by atoms with Gasteiger partial charge < -0.3 is 5.11 Å². The van der Waals surface area contributed by atoms with E-state index in [2.05, 4.69) is 26.5 Å². The number of rotatable bonds is 15. The van der Waals surface area contributed by atoms with Crippen molar-refractivity contribution in [1.29, 1.82) is 0 Å². The maximum atomic E-state index is 12.5. The second-order valence-electron chi connectivity index (χ2n) is 6.52. The molecule has 0 bridgehead atoms. The molecule has 1 atom stereocenters. The molecule has 1 N–H and O–H groups in total. The summed E-state index contributed by atoms with van der Waals surface area (Å²) in [5.74, 6) is -1.99. The Bertz CT molecular complexity index is 375. The fraction of sp³-hybridized carbons (Fsp3) is 0.842. The monoisotopic (exact) mass is 373 g/mol. The van der Waals surface area contributed by atoms with Gasteiger partial charge in [-0.15, -0.1) is 0 Å². The molecule has 0 saturated heterocycles. The van der Waals surface area contributed by atoms with Crippen LogP contribution in [0.2, 0.25) is 0 Å². The summed E-state index contributed by atoms with van der Waals surface area (Å²) in [6.45, 7) is 4.24. The van der Waals surface area contributed by atoms with Crippen molar-refractivity contribution in [2.24, 2.45) is 0 Å². The molecule has 0 aromatic heterocycles. The van der Waals surface area contributed by atoms with Gasteiger partial charge in [0.05, 0.1) is 0 Å². The molecule has 0 aromatic rings. The molecule has 0 aliphatic heterocycles. The van der Waals surface area contributed by atoms with Gasteiger partial charge in [-0.2, -0.15) is 12.6 Å². The van der Waals surface area contributed by atoms with Crippen LogP contribution in [-0.4, -0.2) is 39.6 Å². The Balaban J connectivity index is 4.65. The first kappa shape index (κ1) is 24.0. The van der Waals surface area contributed by atoms with Crippen LogP contribution in [0, 0.1) is 0 Å². The lowest BCUT2D eigenvalue weighted by Gasteiger charge is -2.26. The lowest BCUT2D eigenvalue weighted by Crippen LogP contribution is -2.49. The summed E-state index contributed by atoms with van der Waals surface area (Å²) >= 11 is 4.03. The summed E-state index contributed by atoms with van der Waals surface area (Å²) in [7, 11) is 0. The van der Waals surface area contributed by atoms with Crippen molar-refractivity contribution in [3.63, 3.8) is 0 Å². The molecule has 25 heavy (non-hydrogen) atoms. The van der Waals surface area contributed by atoms with Crippen LogP contribution in [-0.2, 0) is 14.4 Å². The van der Waals surface area contributed by atoms with E-state index in [1.165, 1.54) is 0 Å². The molecule has 0 unspecified atom stereocenters. The van der Waals surface area contributed by atoms with Crippen molar-refractivity contribution in [2.45, 2.75) is 96.9 Å². The average molecular weight is 374 g/mol. The van der Waals surface area contributed by atoms with Crippen LogP contribution in [0.15, 0.2) is 0 Å². The van der Waals surface area contributed by atoms with Crippen LogP contribution in [0.3, 0.4) is 0 Å². The number of nitrogens with zero attached hydrogens (tertiary/aromatic N) is 1. The Hall–Kier alpha value is -1.04. The maximum absolute atomic E-state index is 12.5. The first-order valence-corrected chi connectivity index (χ1v) is 10.3. The fourth-order valence-corrected chi connectivity index (χ4v) is 3.08. The lowest BCUT2D eigenvalue weighted by atomic mass is 10.1. The van der Waals surface area contributed by atoms with Crippen LogP contribution >= 0.6 is 12.6 Å². The zero-order valence-corrected chi connectivity index (χ0v) is 16.7. The minimum atomic E-state index is -1.17. The number of hydrogen-bond acceptors (Lipinski definition) is 4. The number of aliphatic carboxylic acids is 1. The molecule has 0 aliphatic carbocycles. The van der Waals surface area contributed by atoms with E-state index in [-0.39, 0.29) is 30.4 Å². The highest BCUT2D eigenvalue weighted by atomic mass is 32.1. The van der Waals surface area contributed by atoms with Crippen LogP contribution in [0.4, 0.5) is 0 Å². The molecule has 2 amide bonds. The van der Waals surface area contributed by atoms with E-state index in [9.17, 15) is 19.5 Å². The third-order valence-electron chi connectivity index (χ3n) is 4.30. The zero-order valence-electron chi connectivity index (χ0n) is 15.8. The van der Waals surface area contributed by atoms with Crippen molar-refractivity contribution in [1.82, 2.24) is 4.90 Å². The highest BCUT2D eigenvalue weighted by molar-refractivity contribution is 7.80. The molecule has 0 aromatic carbocycles. The van der Waals surface area contributed by atoms with Crippen molar-refractivity contribution in [2.75, 3.05) is 5.75 Å². The standard InChI is InChI=1S/C19H35NO4S/c1-3-5-7-9-11-13-17(21)20(16(15-25)19(23)24)18(22)14-12-10-8-6-4-2/h16,25H,3-15H2,1-2H3,(H,23,24)/t16-/m0/s1. The summed E-state index contributed by atoms with van der Waals surface area (Å²) in [5.41, 5.74) is 0. The van der Waals surface area contributed by atoms with Gasteiger partial charge in [0.15, 0.2) is 0 Å². The van der Waals surface area contributed by atoms with Gasteiger partial charge in [-0.3, -0.25) is 14.5 Å². The zero-order chi connectivity index (χ0) is 19.1. The number of carbonyl (C=O) groups is 3. The Morgan fingerprint density at radius 1 is 0.800 bits per heavy atom. The molecule has 0 saturated carbocycles. The molecule has 6 heteroatoms. The molecule has 0 spiro atoms. The van der Waals surface area contributed by atoms with Gasteiger partial charge in [0, 0.05) is 18.6 Å². The number of carboxylic acids is 1. The summed E-state index contributed by atoms with van der Waals surface area (Å²) in [4.78, 5) is 37.3. The molecule has 0 aliphatic rings. The highest BCUT2D eigenvalue weighted by Gasteiger charge is 2.32. The number of hydrogen-bond donors (Lipinski definition) is 2. The molecule has 0 heterocycles. The molecule has 5 nitrogen and oxygen atoms in total. The van der Waals surface area contributed by atoms with Crippen LogP contribution in [0.25, 0.3) is 0 Å². The first-order valence-electron chi connectivity index (χ1n) is 9.68. The molecular weight excluding hydrogens is 338 g/mol. The van der Waals surface area contributed by atoms with Gasteiger partial charge >= 0.3 is 5.97 Å². The Morgan fingerprint density at radius 2 is 1.20 bits per heavy atom. The predicted octanol–water partition coefficient (Wildman–Crippen LogP) is 4.45. The molecule has 0 rings (SSSR count). The summed E-state index contributed by atoms with van der Waals surface area (Å²) in [5, 5.41) is 9.33. The minimum Gasteiger partial charge on any atom is -0.480 e. The van der Waals surface area contributed by atoms with Gasteiger partial charge in [-0.1, -0.05) is 65.2 Å². The van der Waals surface area contributed by atoms with E-state index in [1.54, 1.807) is 0 Å². The quantitative estimate of drug-likeness (QED) is 0.329. The molecular formula is C19H35NO4S. The third kappa shape index (κ3) is 10.5. The predicted molar refractivity (Wildman–Crippen MR) is 104 cm³/mol. The van der Waals surface area contributed by atoms with Crippen molar-refractivity contribution >= 4 is 30.4 Å². The molecule has 0 radical (unpaired) electrons. The van der Waals surface area contributed by atoms with E-state index >= 15 is 0 Å². The first-order chi connectivity index (χ1) is 12.0. The van der Waals surface area contributed by atoms with Crippen LogP contribution < -0.4 is 0 Å². The summed E-state index contributed by atoms with van der Waals surface area (Å²) in [6, 6.07) is -1.17. The second kappa shape index (κ2) is 15.2. The highest BCUT2D eigenvalue weighted by Crippen LogP contribution is 2.14. The molecule has 146 valence electrons. The van der Waals surface area contributed by atoms with Crippen molar-refractivity contribution in [3.05, 3.63) is 0 Å². The van der Waals surface area contributed by atoms with E-state index in [0.29, 0.717) is 12.8 Å². The lowest BCUT2D eigenvalue weighted by molar-refractivity contribution is -0.157. The van der Waals surface area contributed by atoms with E-state index in [4.69, 9.17) is 0 Å². The van der Waals surface area contributed by atoms with Gasteiger partial charge in [0.2, 0.25) is 11.8 Å². The average Bonchev–Trinajstić information content (AvgIpc) is 2.58. The van der Waals surface area contributed by atoms with Gasteiger partial charge in [0.1, 0.15) is 6.04 Å². The number of imide groups is 1. The van der Waals surface area contributed by atoms with Crippen molar-refractivity contribution < 1.29 is 19.5 Å². The second-order valence-corrected chi connectivity index (χ2v) is 6.89. The SMILES string of the molecule is CCCCCCCC(=O)N(C(=O)CCCCCCC)[C@@H](CS)C(=O)O. The fourth-order valence-electron chi connectivity index (χ4n) is 2.76. The number of unbranched alkanes of at least 4 members (excludes halogenated alkanes) is 8. The van der Waals surface area contributed by atoms with Gasteiger partial charge in [-0.05, 0) is 12.8 Å². The minimum absolute atomic E-state index is 0.0571. The Labute approximate surface area is 158 Å². The number of carboxylic acid groups (broad SMARTS) is 1. The third-order valence-corrected chi connectivity index (χ3v) is 4.64. The van der Waals surface area contributed by atoms with E-state index in [0.717, 1.165) is 56.3 Å². The summed E-state index contributed by atoms with van der Waals surface area (Å²) < 4.78 is 0. The van der Waals surface area contributed by atoms with E-state index in [1.807, 2.05) is 0 Å². The number of amides is 2. The summed E-state index contributed by atoms with van der Waals surface area (Å²) in [6.07, 6.45) is 10.3. The van der Waals surface area contributed by atoms with Gasteiger partial charge in [0.25, 0.3) is 0 Å². The largest absolute Gasteiger partial charge is 0.480 e. The number of thiol groups is 1. The smallest absolute Gasteiger partial charge is 0.327 e. The van der Waals surface area contributed by atoms with Gasteiger partial charge in [-0.25, -0.2) is 4.79 Å². The maximum Gasteiger partial charge on any atom is 0.327 e. The Kier molecular flexibility index (Phi) is 14.6. The van der Waals surface area contributed by atoms with Crippen molar-refractivity contribution in [3.8, 4) is 0 Å².